The normalized spacial score (nSPS) is 13.5. The van der Waals surface area contributed by atoms with Crippen LogP contribution in [0.15, 0.2) is 47.4 Å². The van der Waals surface area contributed by atoms with E-state index < -0.39 is 10.0 Å². The summed E-state index contributed by atoms with van der Waals surface area (Å²) < 4.78 is 37.5. The maximum absolute atomic E-state index is 12.6. The second kappa shape index (κ2) is 6.51. The van der Waals surface area contributed by atoms with Gasteiger partial charge in [-0.15, -0.1) is 0 Å². The van der Waals surface area contributed by atoms with Crippen molar-refractivity contribution in [1.82, 2.24) is 4.31 Å². The van der Waals surface area contributed by atoms with Crippen molar-refractivity contribution in [3.05, 3.63) is 53.6 Å². The third-order valence-electron chi connectivity index (χ3n) is 3.70. The Morgan fingerprint density at radius 2 is 1.75 bits per heavy atom. The molecule has 124 valence electrons. The number of nitrogens with zero attached hydrogens (tertiary/aromatic N) is 2. The molecular formula is C17H16N2O4S. The van der Waals surface area contributed by atoms with Crippen molar-refractivity contribution in [3.63, 3.8) is 0 Å². The van der Waals surface area contributed by atoms with Gasteiger partial charge in [0.1, 0.15) is 13.2 Å². The summed E-state index contributed by atoms with van der Waals surface area (Å²) in [5.74, 6) is 1.30. The van der Waals surface area contributed by atoms with Crippen LogP contribution in [0.4, 0.5) is 0 Å². The molecule has 0 aliphatic carbocycles. The van der Waals surface area contributed by atoms with E-state index >= 15 is 0 Å². The summed E-state index contributed by atoms with van der Waals surface area (Å²) in [6.07, 6.45) is 0. The Labute approximate surface area is 140 Å². The van der Waals surface area contributed by atoms with E-state index in [1.165, 1.54) is 35.6 Å². The molecule has 3 rings (SSSR count). The maximum Gasteiger partial charge on any atom is 0.243 e. The first-order valence-corrected chi connectivity index (χ1v) is 8.80. The summed E-state index contributed by atoms with van der Waals surface area (Å²) in [7, 11) is -2.11. The molecule has 24 heavy (non-hydrogen) atoms. The molecule has 1 aliphatic heterocycles. The Morgan fingerprint density at radius 3 is 2.42 bits per heavy atom. The van der Waals surface area contributed by atoms with Crippen LogP contribution in [0.3, 0.4) is 0 Å². The van der Waals surface area contributed by atoms with Crippen LogP contribution in [-0.2, 0) is 16.6 Å². The lowest BCUT2D eigenvalue weighted by molar-refractivity contribution is 0.171. The molecule has 0 spiro atoms. The molecule has 0 aromatic heterocycles. The third kappa shape index (κ3) is 3.20. The Kier molecular flexibility index (Phi) is 4.42. The molecule has 1 heterocycles. The summed E-state index contributed by atoms with van der Waals surface area (Å²) in [6.45, 7) is 1.20. The van der Waals surface area contributed by atoms with Crippen molar-refractivity contribution in [2.45, 2.75) is 11.4 Å². The van der Waals surface area contributed by atoms with Gasteiger partial charge in [0.15, 0.2) is 11.5 Å². The van der Waals surface area contributed by atoms with E-state index in [9.17, 15) is 8.42 Å². The molecule has 0 bridgehead atoms. The van der Waals surface area contributed by atoms with Gasteiger partial charge in [-0.1, -0.05) is 6.07 Å². The number of nitriles is 1. The van der Waals surface area contributed by atoms with Gasteiger partial charge in [0.2, 0.25) is 10.0 Å². The van der Waals surface area contributed by atoms with Gasteiger partial charge in [-0.2, -0.15) is 9.57 Å². The summed E-state index contributed by atoms with van der Waals surface area (Å²) >= 11 is 0. The van der Waals surface area contributed by atoms with E-state index in [-0.39, 0.29) is 11.4 Å². The fourth-order valence-corrected chi connectivity index (χ4v) is 3.57. The van der Waals surface area contributed by atoms with E-state index in [0.717, 1.165) is 5.56 Å². The minimum Gasteiger partial charge on any atom is -0.486 e. The van der Waals surface area contributed by atoms with Gasteiger partial charge in [0.25, 0.3) is 0 Å². The average Bonchev–Trinajstić information content (AvgIpc) is 2.61. The van der Waals surface area contributed by atoms with Gasteiger partial charge in [-0.25, -0.2) is 8.42 Å². The number of fused-ring (bicyclic) bond motifs is 1. The molecule has 0 saturated carbocycles. The van der Waals surface area contributed by atoms with Crippen LogP contribution in [0.2, 0.25) is 0 Å². The first-order valence-electron chi connectivity index (χ1n) is 7.36. The molecule has 2 aromatic rings. The number of hydrogen-bond acceptors (Lipinski definition) is 5. The van der Waals surface area contributed by atoms with Crippen LogP contribution in [-0.4, -0.2) is 33.0 Å². The van der Waals surface area contributed by atoms with E-state index in [4.69, 9.17) is 14.7 Å². The lowest BCUT2D eigenvalue weighted by Gasteiger charge is -2.21. The summed E-state index contributed by atoms with van der Waals surface area (Å²) in [6, 6.07) is 13.2. The molecule has 0 radical (unpaired) electrons. The van der Waals surface area contributed by atoms with Crippen LogP contribution in [0.5, 0.6) is 11.5 Å². The Hall–Kier alpha value is -2.56. The molecule has 0 unspecified atom stereocenters. The predicted octanol–water partition coefficient (Wildman–Crippen LogP) is 2.15. The van der Waals surface area contributed by atoms with Gasteiger partial charge in [0.05, 0.1) is 16.5 Å². The number of rotatable bonds is 4. The van der Waals surface area contributed by atoms with Gasteiger partial charge >= 0.3 is 0 Å². The first-order chi connectivity index (χ1) is 11.5. The lowest BCUT2D eigenvalue weighted by Crippen LogP contribution is -2.26. The fourth-order valence-electron chi connectivity index (χ4n) is 2.41. The molecule has 0 fully saturated rings. The molecule has 0 amide bonds. The van der Waals surface area contributed by atoms with Gasteiger partial charge in [0, 0.05) is 13.6 Å². The maximum atomic E-state index is 12.6. The smallest absolute Gasteiger partial charge is 0.243 e. The average molecular weight is 344 g/mol. The minimum absolute atomic E-state index is 0.154. The third-order valence-corrected chi connectivity index (χ3v) is 5.52. The predicted molar refractivity (Wildman–Crippen MR) is 87.2 cm³/mol. The van der Waals surface area contributed by atoms with E-state index in [1.807, 2.05) is 12.1 Å². The molecule has 0 saturated heterocycles. The first kappa shape index (κ1) is 16.3. The highest BCUT2D eigenvalue weighted by Crippen LogP contribution is 2.31. The zero-order valence-corrected chi connectivity index (χ0v) is 13.9. The lowest BCUT2D eigenvalue weighted by atomic mass is 10.2. The number of ether oxygens (including phenoxy) is 2. The summed E-state index contributed by atoms with van der Waals surface area (Å²) in [5, 5.41) is 8.80. The van der Waals surface area contributed by atoms with Crippen LogP contribution in [0.1, 0.15) is 11.1 Å². The van der Waals surface area contributed by atoms with Crippen LogP contribution >= 0.6 is 0 Å². The van der Waals surface area contributed by atoms with Crippen LogP contribution < -0.4 is 9.47 Å². The Morgan fingerprint density at radius 1 is 1.08 bits per heavy atom. The fraction of sp³-hybridized carbons (Fsp3) is 0.235. The summed E-state index contributed by atoms with van der Waals surface area (Å²) in [5.41, 5.74) is 1.22. The SMILES string of the molecule is CN(Cc1ccc2c(c1)OCCO2)S(=O)(=O)c1ccc(C#N)cc1. The monoisotopic (exact) mass is 344 g/mol. The van der Waals surface area contributed by atoms with E-state index in [1.54, 1.807) is 12.1 Å². The van der Waals surface area contributed by atoms with Crippen LogP contribution in [0, 0.1) is 11.3 Å². The highest BCUT2D eigenvalue weighted by atomic mass is 32.2. The van der Waals surface area contributed by atoms with Crippen molar-refractivity contribution in [3.8, 4) is 17.6 Å². The highest BCUT2D eigenvalue weighted by molar-refractivity contribution is 7.89. The molecule has 7 heteroatoms. The van der Waals surface area contributed by atoms with Crippen LogP contribution in [0.25, 0.3) is 0 Å². The van der Waals surface area contributed by atoms with Gasteiger partial charge in [-0.3, -0.25) is 0 Å². The Bertz CT molecular complexity index is 886. The van der Waals surface area contributed by atoms with Crippen molar-refractivity contribution in [1.29, 1.82) is 5.26 Å². The number of hydrogen-bond donors (Lipinski definition) is 0. The largest absolute Gasteiger partial charge is 0.486 e. The topological polar surface area (TPSA) is 79.6 Å². The zero-order chi connectivity index (χ0) is 17.2. The van der Waals surface area contributed by atoms with Crippen molar-refractivity contribution < 1.29 is 17.9 Å². The molecule has 0 atom stereocenters. The Balaban J connectivity index is 1.80. The quantitative estimate of drug-likeness (QED) is 0.849. The van der Waals surface area contributed by atoms with Crippen molar-refractivity contribution in [2.24, 2.45) is 0 Å². The minimum atomic E-state index is -3.63. The zero-order valence-electron chi connectivity index (χ0n) is 13.1. The van der Waals surface area contributed by atoms with Crippen molar-refractivity contribution >= 4 is 10.0 Å². The highest BCUT2D eigenvalue weighted by Gasteiger charge is 2.21. The second-order valence-electron chi connectivity index (χ2n) is 5.38. The molecule has 6 nitrogen and oxygen atoms in total. The second-order valence-corrected chi connectivity index (χ2v) is 7.42. The van der Waals surface area contributed by atoms with Gasteiger partial charge in [-0.05, 0) is 42.0 Å². The summed E-state index contributed by atoms with van der Waals surface area (Å²) in [4.78, 5) is 0.154. The number of sulfonamides is 1. The molecule has 1 aliphatic rings. The molecule has 0 N–H and O–H groups in total. The van der Waals surface area contributed by atoms with Gasteiger partial charge < -0.3 is 9.47 Å². The molecule has 2 aromatic carbocycles. The van der Waals surface area contributed by atoms with E-state index in [2.05, 4.69) is 0 Å². The standard InChI is InChI=1S/C17H16N2O4S/c1-19(24(20,21)15-5-2-13(11-18)3-6-15)12-14-4-7-16-17(10-14)23-9-8-22-16/h2-7,10H,8-9,12H2,1H3. The molecular weight excluding hydrogens is 328 g/mol. The number of benzene rings is 2. The van der Waals surface area contributed by atoms with Crippen molar-refractivity contribution in [2.75, 3.05) is 20.3 Å². The van der Waals surface area contributed by atoms with E-state index in [0.29, 0.717) is 30.3 Å².